The third-order valence-corrected chi connectivity index (χ3v) is 6.21. The number of amidine groups is 1. The minimum atomic E-state index is -4.32. The van der Waals surface area contributed by atoms with Gasteiger partial charge in [-0.3, -0.25) is 10.2 Å². The van der Waals surface area contributed by atoms with E-state index >= 15 is 0 Å². The first-order valence-electron chi connectivity index (χ1n) is 10.6. The molecule has 2 aromatic rings. The Balaban J connectivity index is 1.37. The van der Waals surface area contributed by atoms with Gasteiger partial charge in [-0.25, -0.2) is 0 Å². The fourth-order valence-corrected chi connectivity index (χ4v) is 4.34. The van der Waals surface area contributed by atoms with Crippen molar-refractivity contribution in [3.63, 3.8) is 0 Å². The molecule has 170 valence electrons. The first-order chi connectivity index (χ1) is 15.2. The van der Waals surface area contributed by atoms with E-state index in [4.69, 9.17) is 14.9 Å². The topological polar surface area (TPSA) is 62.6 Å². The van der Waals surface area contributed by atoms with E-state index in [9.17, 15) is 18.0 Å². The van der Waals surface area contributed by atoms with Gasteiger partial charge >= 0.3 is 12.1 Å². The molecule has 2 fully saturated rings. The van der Waals surface area contributed by atoms with Gasteiger partial charge < -0.3 is 14.4 Å². The molecule has 2 heterocycles. The lowest BCUT2D eigenvalue weighted by molar-refractivity contribution is -0.216. The zero-order valence-corrected chi connectivity index (χ0v) is 17.7. The number of nitrogens with zero attached hydrogens (tertiary/aromatic N) is 1. The molecule has 2 aromatic carbocycles. The number of benzene rings is 2. The van der Waals surface area contributed by atoms with Gasteiger partial charge in [0.25, 0.3) is 0 Å². The van der Waals surface area contributed by atoms with Gasteiger partial charge in [-0.15, -0.1) is 0 Å². The highest BCUT2D eigenvalue weighted by Gasteiger charge is 2.44. The Bertz CT molecular complexity index is 975. The maximum absolute atomic E-state index is 12.8. The number of rotatable bonds is 4. The highest BCUT2D eigenvalue weighted by molar-refractivity contribution is 5.96. The molecular weight excluding hydrogens is 421 g/mol. The summed E-state index contributed by atoms with van der Waals surface area (Å²) in [7, 11) is 0. The SMILES string of the molecule is CC(=O)OC1(c2ccc(C(=N)N3CCC(c4ccc(C(F)(F)F)cc4)CC3)cc2)COC1. The summed E-state index contributed by atoms with van der Waals surface area (Å²) < 4.78 is 49.0. The van der Waals surface area contributed by atoms with E-state index in [0.29, 0.717) is 32.1 Å². The summed E-state index contributed by atoms with van der Waals surface area (Å²) >= 11 is 0. The van der Waals surface area contributed by atoms with Gasteiger partial charge in [-0.2, -0.15) is 13.2 Å². The third-order valence-electron chi connectivity index (χ3n) is 6.21. The van der Waals surface area contributed by atoms with Crippen LogP contribution >= 0.6 is 0 Å². The highest BCUT2D eigenvalue weighted by Crippen LogP contribution is 2.35. The molecule has 2 saturated heterocycles. The Morgan fingerprint density at radius 1 is 1.06 bits per heavy atom. The number of nitrogens with one attached hydrogen (secondary N) is 1. The molecule has 5 nitrogen and oxygen atoms in total. The van der Waals surface area contributed by atoms with Crippen molar-refractivity contribution < 1.29 is 27.4 Å². The van der Waals surface area contributed by atoms with Crippen LogP contribution in [0.25, 0.3) is 0 Å². The Kier molecular flexibility index (Phi) is 5.99. The van der Waals surface area contributed by atoms with Crippen molar-refractivity contribution in [3.05, 3.63) is 70.8 Å². The average molecular weight is 446 g/mol. The Labute approximate surface area is 184 Å². The molecule has 2 aliphatic rings. The third kappa shape index (κ3) is 4.50. The number of carbonyl (C=O) groups excluding carboxylic acids is 1. The number of halogens is 3. The van der Waals surface area contributed by atoms with Crippen LogP contribution in [0.1, 0.15) is 47.9 Å². The van der Waals surface area contributed by atoms with E-state index in [1.807, 2.05) is 29.2 Å². The molecule has 0 bridgehead atoms. The molecule has 4 rings (SSSR count). The number of hydrogen-bond donors (Lipinski definition) is 1. The number of carbonyl (C=O) groups is 1. The van der Waals surface area contributed by atoms with Gasteiger partial charge in [-0.1, -0.05) is 36.4 Å². The molecule has 32 heavy (non-hydrogen) atoms. The second-order valence-electron chi connectivity index (χ2n) is 8.39. The normalized spacial score (nSPS) is 18.7. The lowest BCUT2D eigenvalue weighted by Gasteiger charge is -2.40. The molecule has 8 heteroatoms. The molecule has 0 amide bonds. The predicted molar refractivity (Wildman–Crippen MR) is 113 cm³/mol. The van der Waals surface area contributed by atoms with Crippen molar-refractivity contribution in [1.82, 2.24) is 4.90 Å². The monoisotopic (exact) mass is 446 g/mol. The summed E-state index contributed by atoms with van der Waals surface area (Å²) in [5, 5.41) is 8.58. The van der Waals surface area contributed by atoms with Gasteiger partial charge in [0.05, 0.1) is 18.8 Å². The maximum Gasteiger partial charge on any atom is 0.416 e. The van der Waals surface area contributed by atoms with E-state index in [2.05, 4.69) is 0 Å². The molecule has 2 aliphatic heterocycles. The fraction of sp³-hybridized carbons (Fsp3) is 0.417. The first-order valence-corrected chi connectivity index (χ1v) is 10.6. The van der Waals surface area contributed by atoms with Gasteiger partial charge in [0.2, 0.25) is 0 Å². The second-order valence-corrected chi connectivity index (χ2v) is 8.39. The van der Waals surface area contributed by atoms with Crippen molar-refractivity contribution in [2.75, 3.05) is 26.3 Å². The molecule has 0 unspecified atom stereocenters. The zero-order chi connectivity index (χ0) is 22.9. The van der Waals surface area contributed by atoms with Crippen molar-refractivity contribution >= 4 is 11.8 Å². The number of esters is 1. The number of hydrogen-bond acceptors (Lipinski definition) is 4. The summed E-state index contributed by atoms with van der Waals surface area (Å²) in [6.45, 7) is 3.34. The zero-order valence-electron chi connectivity index (χ0n) is 17.7. The van der Waals surface area contributed by atoms with Crippen molar-refractivity contribution in [2.24, 2.45) is 0 Å². The lowest BCUT2D eigenvalue weighted by atomic mass is 9.88. The summed E-state index contributed by atoms with van der Waals surface area (Å²) in [6, 6.07) is 12.8. The van der Waals surface area contributed by atoms with Crippen molar-refractivity contribution in [1.29, 1.82) is 5.41 Å². The largest absolute Gasteiger partial charge is 0.449 e. The maximum atomic E-state index is 12.8. The molecule has 0 spiro atoms. The Morgan fingerprint density at radius 3 is 2.12 bits per heavy atom. The quantitative estimate of drug-likeness (QED) is 0.420. The first kappa shape index (κ1) is 22.3. The van der Waals surface area contributed by atoms with Crippen LogP contribution in [0, 0.1) is 5.41 Å². The lowest BCUT2D eigenvalue weighted by Crippen LogP contribution is -2.50. The van der Waals surface area contributed by atoms with Crippen LogP contribution in [0.4, 0.5) is 13.2 Å². The molecule has 1 N–H and O–H groups in total. The van der Waals surface area contributed by atoms with E-state index < -0.39 is 17.3 Å². The minimum absolute atomic E-state index is 0.186. The second kappa shape index (κ2) is 8.58. The summed E-state index contributed by atoms with van der Waals surface area (Å²) in [4.78, 5) is 13.4. The minimum Gasteiger partial charge on any atom is -0.449 e. The van der Waals surface area contributed by atoms with E-state index in [1.54, 1.807) is 12.1 Å². The molecular formula is C24H25F3N2O3. The van der Waals surface area contributed by atoms with E-state index in [-0.39, 0.29) is 11.9 Å². The molecule has 0 aromatic heterocycles. The molecule has 0 radical (unpaired) electrons. The van der Waals surface area contributed by atoms with Crippen LogP contribution in [0.3, 0.4) is 0 Å². The van der Waals surface area contributed by atoms with Crippen LogP contribution in [0.5, 0.6) is 0 Å². The standard InChI is InChI=1S/C24H25F3N2O3/c1-16(30)32-23(14-31-15-23)20-6-4-19(5-7-20)22(28)29-12-10-18(11-13-29)17-2-8-21(9-3-17)24(25,26)27/h2-9,18,28H,10-15H2,1H3. The molecule has 0 aliphatic carbocycles. The molecule has 0 saturated carbocycles. The smallest absolute Gasteiger partial charge is 0.416 e. The van der Waals surface area contributed by atoms with Crippen LogP contribution in [0.2, 0.25) is 0 Å². The number of alkyl halides is 3. The van der Waals surface area contributed by atoms with Gasteiger partial charge in [-0.05, 0) is 36.5 Å². The summed E-state index contributed by atoms with van der Waals surface area (Å²) in [5.41, 5.74) is 1.14. The number of ether oxygens (including phenoxy) is 2. The van der Waals surface area contributed by atoms with Gasteiger partial charge in [0.15, 0.2) is 5.60 Å². The van der Waals surface area contributed by atoms with E-state index in [0.717, 1.165) is 41.7 Å². The highest BCUT2D eigenvalue weighted by atomic mass is 19.4. The van der Waals surface area contributed by atoms with Crippen LogP contribution in [-0.4, -0.2) is 43.0 Å². The van der Waals surface area contributed by atoms with Crippen molar-refractivity contribution in [3.8, 4) is 0 Å². The Hall–Kier alpha value is -2.87. The van der Waals surface area contributed by atoms with Gasteiger partial charge in [0.1, 0.15) is 5.84 Å². The summed E-state index contributed by atoms with van der Waals surface area (Å²) in [5.74, 6) is 0.237. The summed E-state index contributed by atoms with van der Waals surface area (Å²) in [6.07, 6.45) is -2.77. The van der Waals surface area contributed by atoms with E-state index in [1.165, 1.54) is 6.92 Å². The van der Waals surface area contributed by atoms with Gasteiger partial charge in [0, 0.05) is 31.1 Å². The average Bonchev–Trinajstić information content (AvgIpc) is 2.75. The fourth-order valence-electron chi connectivity index (χ4n) is 4.34. The van der Waals surface area contributed by atoms with Crippen LogP contribution in [0.15, 0.2) is 48.5 Å². The predicted octanol–water partition coefficient (Wildman–Crippen LogP) is 4.70. The van der Waals surface area contributed by atoms with Crippen molar-refractivity contribution in [2.45, 2.75) is 37.5 Å². The molecule has 0 atom stereocenters. The van der Waals surface area contributed by atoms with Crippen LogP contribution < -0.4 is 0 Å². The Morgan fingerprint density at radius 2 is 1.66 bits per heavy atom. The number of piperidine rings is 1. The van der Waals surface area contributed by atoms with Crippen LogP contribution in [-0.2, 0) is 26.0 Å². The number of likely N-dealkylation sites (tertiary alicyclic amines) is 1.